The average molecular weight is 417 g/mol. The molecule has 3 heterocycles. The van der Waals surface area contributed by atoms with Crippen LogP contribution < -0.4 is 20.7 Å². The fraction of sp³-hybridized carbons (Fsp3) is 0.353. The molecule has 2 aromatic rings. The van der Waals surface area contributed by atoms with Crippen molar-refractivity contribution in [1.82, 2.24) is 15.6 Å². The molecule has 1 aliphatic rings. The lowest BCUT2D eigenvalue weighted by Crippen LogP contribution is -2.14. The van der Waals surface area contributed by atoms with Gasteiger partial charge in [0.25, 0.3) is 0 Å². The van der Waals surface area contributed by atoms with Crippen molar-refractivity contribution in [3.05, 3.63) is 40.2 Å². The molecule has 2 amide bonds. The number of nitrogens with one attached hydrogen (secondary N) is 3. The van der Waals surface area contributed by atoms with E-state index in [0.29, 0.717) is 35.2 Å². The number of hydrogen-bond acceptors (Lipinski definition) is 6. The number of amides is 2. The summed E-state index contributed by atoms with van der Waals surface area (Å²) in [7, 11) is 5.21. The third-order valence-corrected chi connectivity index (χ3v) is 4.38. The Kier molecular flexibility index (Phi) is 10.3. The van der Waals surface area contributed by atoms with Gasteiger partial charge in [-0.15, -0.1) is 11.3 Å². The van der Waals surface area contributed by atoms with Gasteiger partial charge >= 0.3 is 0 Å². The van der Waals surface area contributed by atoms with Crippen LogP contribution in [0.15, 0.2) is 24.4 Å². The predicted octanol–water partition coefficient (Wildman–Crippen LogP) is 2.64. The van der Waals surface area contributed by atoms with E-state index in [1.807, 2.05) is 14.1 Å². The van der Waals surface area contributed by atoms with Crippen LogP contribution in [0.25, 0.3) is 0 Å². The van der Waals surface area contributed by atoms with E-state index in [0.717, 1.165) is 5.00 Å². The first kappa shape index (κ1) is 22.8. The number of thiophene rings is 1. The maximum atomic E-state index is 13.5. The molecule has 10 heteroatoms. The van der Waals surface area contributed by atoms with E-state index >= 15 is 0 Å². The van der Waals surface area contributed by atoms with E-state index in [4.69, 9.17) is 16.3 Å². The normalized spacial score (nSPS) is 14.9. The summed E-state index contributed by atoms with van der Waals surface area (Å²) in [6.07, 6.45) is 2.39. The minimum atomic E-state index is -0.421. The quantitative estimate of drug-likeness (QED) is 0.666. The predicted molar refractivity (Wildman–Crippen MR) is 105 cm³/mol. The van der Waals surface area contributed by atoms with Crippen LogP contribution in [0.4, 0.5) is 9.39 Å². The lowest BCUT2D eigenvalue weighted by Gasteiger charge is -2.08. The minimum Gasteiger partial charge on any atom is -0.495 e. The molecule has 3 N–H and O–H groups in total. The Balaban J connectivity index is 0.000000259. The van der Waals surface area contributed by atoms with Crippen molar-refractivity contribution in [2.45, 2.75) is 12.3 Å². The first-order valence-electron chi connectivity index (χ1n) is 7.95. The number of ether oxygens (including phenoxy) is 1. The van der Waals surface area contributed by atoms with Gasteiger partial charge in [-0.1, -0.05) is 11.6 Å². The van der Waals surface area contributed by atoms with Gasteiger partial charge in [0, 0.05) is 24.9 Å². The number of nitrogens with zero attached hydrogens (tertiary/aromatic N) is 1. The van der Waals surface area contributed by atoms with Crippen molar-refractivity contribution in [2.24, 2.45) is 0 Å². The number of pyridine rings is 1. The highest BCUT2D eigenvalue weighted by Crippen LogP contribution is 2.26. The minimum absolute atomic E-state index is 0.0583. The molecule has 7 nitrogen and oxygen atoms in total. The fourth-order valence-electron chi connectivity index (χ4n) is 2.09. The average Bonchev–Trinajstić information content (AvgIpc) is 3.25. The van der Waals surface area contributed by atoms with Gasteiger partial charge in [0.15, 0.2) is 0 Å². The second-order valence-electron chi connectivity index (χ2n) is 5.31. The topological polar surface area (TPSA) is 92.3 Å². The maximum absolute atomic E-state index is 13.5. The molecule has 1 fully saturated rings. The lowest BCUT2D eigenvalue weighted by molar-refractivity contribution is -0.119. The van der Waals surface area contributed by atoms with E-state index in [9.17, 15) is 14.0 Å². The monoisotopic (exact) mass is 416 g/mol. The van der Waals surface area contributed by atoms with E-state index in [1.165, 1.54) is 30.7 Å². The van der Waals surface area contributed by atoms with Gasteiger partial charge in [0.1, 0.15) is 11.6 Å². The van der Waals surface area contributed by atoms with Crippen LogP contribution in [0.5, 0.6) is 5.75 Å². The Labute approximate surface area is 166 Å². The van der Waals surface area contributed by atoms with Crippen LogP contribution in [0.1, 0.15) is 18.0 Å². The molecule has 1 saturated heterocycles. The summed E-state index contributed by atoms with van der Waals surface area (Å²) in [6, 6.07) is 4.77. The van der Waals surface area contributed by atoms with Gasteiger partial charge in [-0.3, -0.25) is 14.6 Å². The SMILES string of the molecule is CNC.COc1cnc(C2CNC(=O)C2)c(F)c1.O=CNc1ccc(Cl)s1. The van der Waals surface area contributed by atoms with Crippen LogP contribution in [-0.2, 0) is 9.59 Å². The summed E-state index contributed by atoms with van der Waals surface area (Å²) in [4.78, 5) is 24.8. The molecule has 0 aliphatic carbocycles. The molecule has 2 aromatic heterocycles. The van der Waals surface area contributed by atoms with Crippen molar-refractivity contribution in [3.8, 4) is 5.75 Å². The Hall–Kier alpha value is -2.23. The highest BCUT2D eigenvalue weighted by atomic mass is 35.5. The van der Waals surface area contributed by atoms with Gasteiger partial charge in [0.2, 0.25) is 12.3 Å². The largest absolute Gasteiger partial charge is 0.495 e. The second kappa shape index (κ2) is 12.2. The van der Waals surface area contributed by atoms with Gasteiger partial charge in [-0.25, -0.2) is 4.39 Å². The summed E-state index contributed by atoms with van der Waals surface area (Å²) >= 11 is 6.89. The number of halogens is 2. The van der Waals surface area contributed by atoms with E-state index in [2.05, 4.69) is 20.9 Å². The Morgan fingerprint density at radius 2 is 2.15 bits per heavy atom. The van der Waals surface area contributed by atoms with Crippen molar-refractivity contribution in [3.63, 3.8) is 0 Å². The summed E-state index contributed by atoms with van der Waals surface area (Å²) < 4.78 is 19.1. The van der Waals surface area contributed by atoms with Crippen molar-refractivity contribution < 1.29 is 18.7 Å². The van der Waals surface area contributed by atoms with Gasteiger partial charge in [0.05, 0.1) is 28.3 Å². The molecule has 1 unspecified atom stereocenters. The van der Waals surface area contributed by atoms with E-state index in [1.54, 1.807) is 12.1 Å². The molecule has 148 valence electrons. The van der Waals surface area contributed by atoms with E-state index in [-0.39, 0.29) is 11.8 Å². The molecule has 0 saturated carbocycles. The molecular weight excluding hydrogens is 395 g/mol. The lowest BCUT2D eigenvalue weighted by atomic mass is 10.0. The van der Waals surface area contributed by atoms with Crippen molar-refractivity contribution in [2.75, 3.05) is 33.1 Å². The molecule has 0 aromatic carbocycles. The molecule has 0 spiro atoms. The maximum Gasteiger partial charge on any atom is 0.220 e. The summed E-state index contributed by atoms with van der Waals surface area (Å²) in [5.41, 5.74) is 0.328. The van der Waals surface area contributed by atoms with Gasteiger partial charge < -0.3 is 20.7 Å². The Morgan fingerprint density at radius 1 is 1.44 bits per heavy atom. The molecule has 1 aliphatic heterocycles. The van der Waals surface area contributed by atoms with Crippen LogP contribution >= 0.6 is 22.9 Å². The van der Waals surface area contributed by atoms with Crippen LogP contribution in [0.2, 0.25) is 4.34 Å². The fourth-order valence-corrected chi connectivity index (χ4v) is 2.99. The van der Waals surface area contributed by atoms with Gasteiger partial charge in [-0.05, 0) is 26.2 Å². The number of carbonyl (C=O) groups is 2. The summed E-state index contributed by atoms with van der Waals surface area (Å²) in [5, 5.41) is 8.65. The number of anilines is 1. The highest BCUT2D eigenvalue weighted by molar-refractivity contribution is 7.20. The number of methoxy groups -OCH3 is 1. The molecule has 0 bridgehead atoms. The van der Waals surface area contributed by atoms with Crippen molar-refractivity contribution >= 4 is 40.3 Å². The molecule has 1 atom stereocenters. The Morgan fingerprint density at radius 3 is 2.59 bits per heavy atom. The number of aromatic nitrogens is 1. The zero-order valence-corrected chi connectivity index (χ0v) is 16.8. The Bertz CT molecular complexity index is 745. The third kappa shape index (κ3) is 7.90. The zero-order valence-electron chi connectivity index (χ0n) is 15.2. The molecule has 0 radical (unpaired) electrons. The number of carbonyl (C=O) groups excluding carboxylic acids is 2. The molecule has 27 heavy (non-hydrogen) atoms. The zero-order chi connectivity index (χ0) is 20.2. The third-order valence-electron chi connectivity index (χ3n) is 3.22. The highest BCUT2D eigenvalue weighted by Gasteiger charge is 2.26. The smallest absolute Gasteiger partial charge is 0.220 e. The van der Waals surface area contributed by atoms with Crippen molar-refractivity contribution in [1.29, 1.82) is 0 Å². The second-order valence-corrected chi connectivity index (χ2v) is 7.03. The van der Waals surface area contributed by atoms with Crippen LogP contribution in [0.3, 0.4) is 0 Å². The number of rotatable bonds is 4. The van der Waals surface area contributed by atoms with Crippen LogP contribution in [0, 0.1) is 5.82 Å². The first-order valence-corrected chi connectivity index (χ1v) is 9.14. The number of hydrogen-bond donors (Lipinski definition) is 3. The summed E-state index contributed by atoms with van der Waals surface area (Å²) in [5.74, 6) is -0.259. The van der Waals surface area contributed by atoms with E-state index < -0.39 is 5.82 Å². The molecular formula is C17H22ClFN4O3S. The van der Waals surface area contributed by atoms with Crippen LogP contribution in [-0.4, -0.2) is 45.1 Å². The summed E-state index contributed by atoms with van der Waals surface area (Å²) in [6.45, 7) is 0.453. The standard InChI is InChI=1S/C10H11FN2O2.C5H4ClNOS.C2H7N/c1-15-7-3-8(11)10(13-5-7)6-2-9(14)12-4-6;6-4-1-2-5(9-4)7-3-8;1-3-2/h3,5-6H,2,4H2,1H3,(H,12,14);1-3H,(H,7,8);3H,1-2H3. The molecule has 3 rings (SSSR count). The van der Waals surface area contributed by atoms with Gasteiger partial charge in [-0.2, -0.15) is 0 Å². The first-order chi connectivity index (χ1) is 12.9.